The molecule has 1 saturated heterocycles. The predicted molar refractivity (Wildman–Crippen MR) is 78.6 cm³/mol. The maximum absolute atomic E-state index is 11.7. The van der Waals surface area contributed by atoms with Crippen molar-refractivity contribution < 1.29 is 9.59 Å². The molecule has 8 heteroatoms. The van der Waals surface area contributed by atoms with Crippen LogP contribution in [0.3, 0.4) is 0 Å². The van der Waals surface area contributed by atoms with Gasteiger partial charge in [0.1, 0.15) is 0 Å². The highest BCUT2D eigenvalue weighted by molar-refractivity contribution is 5.88. The fourth-order valence-electron chi connectivity index (χ4n) is 2.48. The molecule has 3 amide bonds. The number of aryl methyl sites for hydroxylation is 1. The Hall–Kier alpha value is -2.09. The molecule has 1 aromatic heterocycles. The Morgan fingerprint density at radius 2 is 2.33 bits per heavy atom. The van der Waals surface area contributed by atoms with Crippen molar-refractivity contribution in [3.63, 3.8) is 0 Å². The van der Waals surface area contributed by atoms with Gasteiger partial charge in [0.25, 0.3) is 0 Å². The van der Waals surface area contributed by atoms with E-state index < -0.39 is 0 Å². The zero-order chi connectivity index (χ0) is 15.2. The number of hydrogen-bond acceptors (Lipinski definition) is 4. The van der Waals surface area contributed by atoms with Gasteiger partial charge in [-0.1, -0.05) is 0 Å². The Balaban J connectivity index is 1.66. The summed E-state index contributed by atoms with van der Waals surface area (Å²) < 4.78 is 1.62. The van der Waals surface area contributed by atoms with E-state index in [0.29, 0.717) is 25.3 Å². The summed E-state index contributed by atoms with van der Waals surface area (Å²) in [7, 11) is 1.79. The molecule has 1 atom stereocenters. The highest BCUT2D eigenvalue weighted by Crippen LogP contribution is 2.15. The van der Waals surface area contributed by atoms with Crippen LogP contribution in [0.25, 0.3) is 0 Å². The van der Waals surface area contributed by atoms with E-state index in [1.54, 1.807) is 24.1 Å². The molecule has 0 bridgehead atoms. The van der Waals surface area contributed by atoms with Gasteiger partial charge in [0, 0.05) is 32.9 Å². The van der Waals surface area contributed by atoms with Gasteiger partial charge in [-0.15, -0.1) is 0 Å². The van der Waals surface area contributed by atoms with Gasteiger partial charge >= 0.3 is 6.03 Å². The average molecular weight is 294 g/mol. The van der Waals surface area contributed by atoms with Crippen molar-refractivity contribution >= 4 is 17.6 Å². The van der Waals surface area contributed by atoms with Crippen molar-refractivity contribution in [2.45, 2.75) is 12.8 Å². The quantitative estimate of drug-likeness (QED) is 0.695. The van der Waals surface area contributed by atoms with E-state index in [9.17, 15) is 9.59 Å². The topological polar surface area (TPSA) is 105 Å². The van der Waals surface area contributed by atoms with Crippen molar-refractivity contribution in [1.29, 1.82) is 0 Å². The fourth-order valence-corrected chi connectivity index (χ4v) is 2.48. The molecule has 1 aliphatic heterocycles. The number of urea groups is 1. The molecule has 1 aromatic rings. The Kier molecular flexibility index (Phi) is 5.15. The molecule has 8 nitrogen and oxygen atoms in total. The summed E-state index contributed by atoms with van der Waals surface area (Å²) in [5, 5.41) is 9.46. The SMILES string of the molecule is Cn1cc(NC(=O)NCCN2CCCC(C(N)=O)C2)cn1. The molecule has 21 heavy (non-hydrogen) atoms. The summed E-state index contributed by atoms with van der Waals surface area (Å²) in [6.45, 7) is 2.86. The summed E-state index contributed by atoms with van der Waals surface area (Å²) in [5.74, 6) is -0.301. The van der Waals surface area contributed by atoms with Gasteiger partial charge in [-0.3, -0.25) is 9.48 Å². The van der Waals surface area contributed by atoms with E-state index in [-0.39, 0.29) is 17.9 Å². The monoisotopic (exact) mass is 294 g/mol. The number of nitrogens with one attached hydrogen (secondary N) is 2. The standard InChI is InChI=1S/C13H22N6O2/c1-18-9-11(7-16-18)17-13(21)15-4-6-19-5-2-3-10(8-19)12(14)20/h7,9-10H,2-6,8H2,1H3,(H2,14,20)(H2,15,17,21). The van der Waals surface area contributed by atoms with Crippen molar-refractivity contribution in [3.8, 4) is 0 Å². The van der Waals surface area contributed by atoms with Crippen LogP contribution in [0.4, 0.5) is 10.5 Å². The van der Waals surface area contributed by atoms with Gasteiger partial charge < -0.3 is 21.3 Å². The third-order valence-corrected chi connectivity index (χ3v) is 3.58. The van der Waals surface area contributed by atoms with Crippen LogP contribution in [0.15, 0.2) is 12.4 Å². The molecule has 0 spiro atoms. The minimum absolute atomic E-state index is 0.0667. The van der Waals surface area contributed by atoms with Crippen LogP contribution in [0, 0.1) is 5.92 Å². The summed E-state index contributed by atoms with van der Waals surface area (Å²) in [5.41, 5.74) is 6.00. The first-order chi connectivity index (χ1) is 10.0. The number of anilines is 1. The highest BCUT2D eigenvalue weighted by Gasteiger charge is 2.23. The predicted octanol–water partition coefficient (Wildman–Crippen LogP) is -0.261. The molecular formula is C13H22N6O2. The number of nitrogens with zero attached hydrogens (tertiary/aromatic N) is 3. The lowest BCUT2D eigenvalue weighted by atomic mass is 9.97. The van der Waals surface area contributed by atoms with Crippen LogP contribution in [-0.2, 0) is 11.8 Å². The molecule has 0 aliphatic carbocycles. The molecular weight excluding hydrogens is 272 g/mol. The van der Waals surface area contributed by atoms with Crippen molar-refractivity contribution in [2.24, 2.45) is 18.7 Å². The van der Waals surface area contributed by atoms with Crippen LogP contribution < -0.4 is 16.4 Å². The van der Waals surface area contributed by atoms with Crippen molar-refractivity contribution in [2.75, 3.05) is 31.5 Å². The largest absolute Gasteiger partial charge is 0.369 e. The van der Waals surface area contributed by atoms with Crippen LogP contribution in [0.2, 0.25) is 0 Å². The Bertz CT molecular complexity index is 501. The van der Waals surface area contributed by atoms with Crippen molar-refractivity contribution in [3.05, 3.63) is 12.4 Å². The second kappa shape index (κ2) is 7.07. The Labute approximate surface area is 123 Å². The first kappa shape index (κ1) is 15.3. The highest BCUT2D eigenvalue weighted by atomic mass is 16.2. The second-order valence-corrected chi connectivity index (χ2v) is 5.33. The number of amides is 3. The molecule has 2 heterocycles. The van der Waals surface area contributed by atoms with Gasteiger partial charge in [0.15, 0.2) is 0 Å². The molecule has 0 aromatic carbocycles. The van der Waals surface area contributed by atoms with Gasteiger partial charge in [-0.05, 0) is 19.4 Å². The zero-order valence-electron chi connectivity index (χ0n) is 12.2. The smallest absolute Gasteiger partial charge is 0.319 e. The molecule has 2 rings (SSSR count). The number of aromatic nitrogens is 2. The zero-order valence-corrected chi connectivity index (χ0v) is 12.2. The number of primary amides is 1. The minimum atomic E-state index is -0.258. The molecule has 1 unspecified atom stereocenters. The normalized spacial score (nSPS) is 19.2. The first-order valence-corrected chi connectivity index (χ1v) is 7.10. The number of likely N-dealkylation sites (tertiary alicyclic amines) is 1. The number of hydrogen-bond donors (Lipinski definition) is 3. The lowest BCUT2D eigenvalue weighted by Crippen LogP contribution is -2.44. The number of rotatable bonds is 5. The third-order valence-electron chi connectivity index (χ3n) is 3.58. The fraction of sp³-hybridized carbons (Fsp3) is 0.615. The number of carbonyl (C=O) groups excluding carboxylic acids is 2. The van der Waals surface area contributed by atoms with Gasteiger partial charge in [0.05, 0.1) is 17.8 Å². The van der Waals surface area contributed by atoms with Gasteiger partial charge in [0.2, 0.25) is 5.91 Å². The van der Waals surface area contributed by atoms with Gasteiger partial charge in [-0.2, -0.15) is 5.10 Å². The molecule has 0 radical (unpaired) electrons. The van der Waals surface area contributed by atoms with E-state index in [4.69, 9.17) is 5.73 Å². The van der Waals surface area contributed by atoms with E-state index in [1.165, 1.54) is 0 Å². The number of nitrogens with two attached hydrogens (primary N) is 1. The van der Waals surface area contributed by atoms with E-state index >= 15 is 0 Å². The van der Waals surface area contributed by atoms with Crippen LogP contribution in [0.5, 0.6) is 0 Å². The van der Waals surface area contributed by atoms with E-state index in [1.807, 2.05) is 0 Å². The maximum Gasteiger partial charge on any atom is 0.319 e. The summed E-state index contributed by atoms with van der Waals surface area (Å²) in [6, 6.07) is -0.258. The molecule has 116 valence electrons. The van der Waals surface area contributed by atoms with E-state index in [0.717, 1.165) is 19.4 Å². The Morgan fingerprint density at radius 1 is 1.52 bits per heavy atom. The Morgan fingerprint density at radius 3 is 3.00 bits per heavy atom. The lowest BCUT2D eigenvalue weighted by Gasteiger charge is -2.31. The van der Waals surface area contributed by atoms with Crippen LogP contribution in [0.1, 0.15) is 12.8 Å². The molecule has 0 saturated carbocycles. The van der Waals surface area contributed by atoms with Crippen molar-refractivity contribution in [1.82, 2.24) is 20.0 Å². The number of carbonyl (C=O) groups is 2. The summed E-state index contributed by atoms with van der Waals surface area (Å²) >= 11 is 0. The molecule has 1 aliphatic rings. The van der Waals surface area contributed by atoms with E-state index in [2.05, 4.69) is 20.6 Å². The maximum atomic E-state index is 11.7. The lowest BCUT2D eigenvalue weighted by molar-refractivity contribution is -0.123. The second-order valence-electron chi connectivity index (χ2n) is 5.33. The molecule has 4 N–H and O–H groups in total. The summed E-state index contributed by atoms with van der Waals surface area (Å²) in [6.07, 6.45) is 5.14. The first-order valence-electron chi connectivity index (χ1n) is 7.10. The van der Waals surface area contributed by atoms with Gasteiger partial charge in [-0.25, -0.2) is 4.79 Å². The van der Waals surface area contributed by atoms with Crippen LogP contribution in [-0.4, -0.2) is 52.8 Å². The summed E-state index contributed by atoms with van der Waals surface area (Å²) in [4.78, 5) is 25.0. The van der Waals surface area contributed by atoms with Crippen LogP contribution >= 0.6 is 0 Å². The third kappa shape index (κ3) is 4.75. The number of piperidine rings is 1. The minimum Gasteiger partial charge on any atom is -0.369 e. The molecule has 1 fully saturated rings. The average Bonchev–Trinajstić information content (AvgIpc) is 2.84.